The molecule has 0 N–H and O–H groups in total. The van der Waals surface area contributed by atoms with Gasteiger partial charge in [0.05, 0.1) is 0 Å². The van der Waals surface area contributed by atoms with Crippen molar-refractivity contribution in [3.63, 3.8) is 0 Å². The van der Waals surface area contributed by atoms with Crippen LogP contribution in [0.25, 0.3) is 43.7 Å². The van der Waals surface area contributed by atoms with E-state index >= 15 is 0 Å². The summed E-state index contributed by atoms with van der Waals surface area (Å²) in [5.41, 5.74) is 5.71. The molecule has 3 aromatic carbocycles. The molecule has 0 spiro atoms. The van der Waals surface area contributed by atoms with Crippen molar-refractivity contribution in [3.05, 3.63) is 60.2 Å². The monoisotopic (exact) mass is 285 g/mol. The summed E-state index contributed by atoms with van der Waals surface area (Å²) < 4.78 is 8.31. The highest BCUT2D eigenvalue weighted by molar-refractivity contribution is 6.26. The third-order valence-corrected chi connectivity index (χ3v) is 4.67. The summed E-state index contributed by atoms with van der Waals surface area (Å²) in [7, 11) is 2.13. The molecule has 0 saturated carbocycles. The zero-order valence-electron chi connectivity index (χ0n) is 12.6. The van der Waals surface area contributed by atoms with E-state index in [0.717, 1.165) is 11.2 Å². The number of aromatic nitrogens is 1. The van der Waals surface area contributed by atoms with Crippen LogP contribution in [0.5, 0.6) is 0 Å². The Hall–Kier alpha value is -2.74. The molecule has 5 aromatic rings. The van der Waals surface area contributed by atoms with E-state index in [2.05, 4.69) is 61.0 Å². The van der Waals surface area contributed by atoms with Crippen LogP contribution in [0.15, 0.2) is 59.0 Å². The molecule has 0 fully saturated rings. The second-order valence-electron chi connectivity index (χ2n) is 6.01. The number of benzene rings is 3. The van der Waals surface area contributed by atoms with Gasteiger partial charge in [0.15, 0.2) is 0 Å². The minimum atomic E-state index is 0.953. The summed E-state index contributed by atoms with van der Waals surface area (Å²) >= 11 is 0. The molecule has 0 radical (unpaired) electrons. The number of rotatable bonds is 0. The highest BCUT2D eigenvalue weighted by Crippen LogP contribution is 2.39. The first-order valence-corrected chi connectivity index (χ1v) is 7.53. The topological polar surface area (TPSA) is 18.1 Å². The second kappa shape index (κ2) is 3.92. The third kappa shape index (κ3) is 1.34. The Balaban J connectivity index is 2.18. The largest absolute Gasteiger partial charge is 0.456 e. The fourth-order valence-electron chi connectivity index (χ4n) is 3.63. The van der Waals surface area contributed by atoms with Gasteiger partial charge in [-0.25, -0.2) is 0 Å². The molecule has 106 valence electrons. The maximum Gasteiger partial charge on any atom is 0.136 e. The average Bonchev–Trinajstić information content (AvgIpc) is 3.03. The van der Waals surface area contributed by atoms with Gasteiger partial charge in [0, 0.05) is 39.6 Å². The van der Waals surface area contributed by atoms with Crippen LogP contribution in [-0.2, 0) is 7.05 Å². The maximum atomic E-state index is 6.04. The number of furan rings is 1. The predicted octanol–water partition coefficient (Wildman–Crippen LogP) is 5.54. The molecule has 0 unspecified atom stereocenters. The molecule has 0 aliphatic carbocycles. The molecular weight excluding hydrogens is 270 g/mol. The second-order valence-corrected chi connectivity index (χ2v) is 6.01. The molecule has 2 heterocycles. The van der Waals surface area contributed by atoms with E-state index in [0.29, 0.717) is 0 Å². The molecular formula is C20H15NO. The third-order valence-electron chi connectivity index (χ3n) is 4.67. The Morgan fingerprint density at radius 2 is 1.59 bits per heavy atom. The van der Waals surface area contributed by atoms with Crippen LogP contribution in [0.3, 0.4) is 0 Å². The number of fused-ring (bicyclic) bond motifs is 7. The van der Waals surface area contributed by atoms with E-state index < -0.39 is 0 Å². The van der Waals surface area contributed by atoms with Crippen molar-refractivity contribution < 1.29 is 4.42 Å². The highest BCUT2D eigenvalue weighted by Gasteiger charge is 2.15. The van der Waals surface area contributed by atoms with Crippen LogP contribution < -0.4 is 0 Å². The lowest BCUT2D eigenvalue weighted by molar-refractivity contribution is 0.669. The first-order chi connectivity index (χ1) is 10.7. The fraction of sp³-hybridized carbons (Fsp3) is 0.100. The van der Waals surface area contributed by atoms with Crippen LogP contribution in [0.2, 0.25) is 0 Å². The van der Waals surface area contributed by atoms with Crippen LogP contribution in [-0.4, -0.2) is 4.57 Å². The molecule has 5 rings (SSSR count). The lowest BCUT2D eigenvalue weighted by atomic mass is 10.0. The summed E-state index contributed by atoms with van der Waals surface area (Å²) in [6, 6.07) is 19.2. The zero-order chi connectivity index (χ0) is 14.8. The normalized spacial score (nSPS) is 12.1. The Labute approximate surface area is 127 Å². The van der Waals surface area contributed by atoms with Gasteiger partial charge < -0.3 is 8.98 Å². The highest BCUT2D eigenvalue weighted by atomic mass is 16.3. The quantitative estimate of drug-likeness (QED) is 0.365. The van der Waals surface area contributed by atoms with Gasteiger partial charge in [0.25, 0.3) is 0 Å². The first kappa shape index (κ1) is 11.9. The smallest absolute Gasteiger partial charge is 0.136 e. The lowest BCUT2D eigenvalue weighted by Crippen LogP contribution is -1.85. The Kier molecular flexibility index (Phi) is 2.11. The lowest BCUT2D eigenvalue weighted by Gasteiger charge is -1.97. The van der Waals surface area contributed by atoms with E-state index in [4.69, 9.17) is 4.42 Å². The zero-order valence-corrected chi connectivity index (χ0v) is 12.6. The number of para-hydroxylation sites is 1. The van der Waals surface area contributed by atoms with Gasteiger partial charge in [-0.1, -0.05) is 29.8 Å². The van der Waals surface area contributed by atoms with Crippen LogP contribution in [0.4, 0.5) is 0 Å². The Morgan fingerprint density at radius 1 is 0.773 bits per heavy atom. The molecule has 2 nitrogen and oxygen atoms in total. The molecule has 0 bridgehead atoms. The van der Waals surface area contributed by atoms with Gasteiger partial charge in [0.1, 0.15) is 11.2 Å². The van der Waals surface area contributed by atoms with E-state index in [1.807, 2.05) is 12.1 Å². The van der Waals surface area contributed by atoms with Gasteiger partial charge in [-0.15, -0.1) is 0 Å². The minimum absolute atomic E-state index is 0.953. The van der Waals surface area contributed by atoms with Gasteiger partial charge in [-0.3, -0.25) is 0 Å². The van der Waals surface area contributed by atoms with Crippen molar-refractivity contribution in [2.45, 2.75) is 6.92 Å². The number of hydrogen-bond donors (Lipinski definition) is 0. The fourth-order valence-corrected chi connectivity index (χ4v) is 3.63. The van der Waals surface area contributed by atoms with E-state index in [9.17, 15) is 0 Å². The Bertz CT molecular complexity index is 1190. The van der Waals surface area contributed by atoms with Gasteiger partial charge >= 0.3 is 0 Å². The van der Waals surface area contributed by atoms with E-state index in [-0.39, 0.29) is 0 Å². The molecule has 0 atom stereocenters. The summed E-state index contributed by atoms with van der Waals surface area (Å²) in [6.07, 6.45) is 0. The maximum absolute atomic E-state index is 6.04. The SMILES string of the molecule is Cc1ccc2c(c1)c1c3c(ccc1n2C)oc1ccccc13. The number of nitrogens with zero attached hydrogens (tertiary/aromatic N) is 1. The molecule has 2 aromatic heterocycles. The summed E-state index contributed by atoms with van der Waals surface area (Å²) in [6.45, 7) is 2.14. The first-order valence-electron chi connectivity index (χ1n) is 7.53. The summed E-state index contributed by atoms with van der Waals surface area (Å²) in [4.78, 5) is 0. The minimum Gasteiger partial charge on any atom is -0.456 e. The molecule has 2 heteroatoms. The van der Waals surface area contributed by atoms with Crippen molar-refractivity contribution in [2.24, 2.45) is 7.05 Å². The van der Waals surface area contributed by atoms with Crippen molar-refractivity contribution in [2.75, 3.05) is 0 Å². The van der Waals surface area contributed by atoms with Gasteiger partial charge in [-0.2, -0.15) is 0 Å². The molecule has 22 heavy (non-hydrogen) atoms. The molecule has 0 saturated heterocycles. The van der Waals surface area contributed by atoms with Crippen molar-refractivity contribution in [1.82, 2.24) is 4.57 Å². The summed E-state index contributed by atoms with van der Waals surface area (Å²) in [5.74, 6) is 0. The number of hydrogen-bond acceptors (Lipinski definition) is 1. The van der Waals surface area contributed by atoms with Crippen LogP contribution in [0, 0.1) is 6.92 Å². The molecule has 0 amide bonds. The van der Waals surface area contributed by atoms with Crippen molar-refractivity contribution >= 4 is 43.7 Å². The molecule has 0 aliphatic rings. The van der Waals surface area contributed by atoms with Crippen molar-refractivity contribution in [1.29, 1.82) is 0 Å². The average molecular weight is 285 g/mol. The standard InChI is InChI=1S/C20H15NO/c1-12-7-8-15-14(11-12)19-16(21(15)2)9-10-18-20(19)13-5-3-4-6-17(13)22-18/h3-11H,1-2H3. The van der Waals surface area contributed by atoms with Crippen molar-refractivity contribution in [3.8, 4) is 0 Å². The number of aryl methyl sites for hydroxylation is 2. The van der Waals surface area contributed by atoms with Gasteiger partial charge in [0.2, 0.25) is 0 Å². The van der Waals surface area contributed by atoms with E-state index in [1.165, 1.54) is 38.1 Å². The summed E-state index contributed by atoms with van der Waals surface area (Å²) in [5, 5.41) is 5.01. The predicted molar refractivity (Wildman–Crippen MR) is 92.4 cm³/mol. The molecule has 0 aliphatic heterocycles. The van der Waals surface area contributed by atoms with Crippen LogP contribution >= 0.6 is 0 Å². The van der Waals surface area contributed by atoms with Crippen LogP contribution in [0.1, 0.15) is 5.56 Å². The van der Waals surface area contributed by atoms with Gasteiger partial charge in [-0.05, 0) is 37.3 Å². The van der Waals surface area contributed by atoms with E-state index in [1.54, 1.807) is 0 Å². The Morgan fingerprint density at radius 3 is 2.50 bits per heavy atom.